The molecule has 176 valence electrons. The zero-order chi connectivity index (χ0) is 25.1. The molecule has 2 aromatic carbocycles. The van der Waals surface area contributed by atoms with Crippen LogP contribution in [0.2, 0.25) is 0 Å². The van der Waals surface area contributed by atoms with Crippen LogP contribution < -0.4 is 4.74 Å². The molecule has 35 heavy (non-hydrogen) atoms. The van der Waals surface area contributed by atoms with Crippen LogP contribution in [0.3, 0.4) is 0 Å². The van der Waals surface area contributed by atoms with Gasteiger partial charge in [-0.05, 0) is 23.8 Å². The van der Waals surface area contributed by atoms with Crippen LogP contribution in [-0.4, -0.2) is 41.4 Å². The minimum atomic E-state index is -1.53. The topological polar surface area (TPSA) is 87.5 Å². The predicted molar refractivity (Wildman–Crippen MR) is 130 cm³/mol. The number of rotatable bonds is 3. The van der Waals surface area contributed by atoms with Crippen molar-refractivity contribution in [1.82, 2.24) is 4.90 Å². The monoisotopic (exact) mass is 466 g/mol. The number of allylic oxidation sites excluding steroid dienone is 2. The zero-order valence-corrected chi connectivity index (χ0v) is 20.1. The summed E-state index contributed by atoms with van der Waals surface area (Å²) in [6.45, 7) is 5.51. The molecule has 0 amide bonds. The van der Waals surface area contributed by atoms with E-state index in [1.54, 1.807) is 66.8 Å². The van der Waals surface area contributed by atoms with Crippen molar-refractivity contribution < 1.29 is 19.1 Å². The molecule has 0 radical (unpaired) electrons. The van der Waals surface area contributed by atoms with Crippen molar-refractivity contribution >= 4 is 17.3 Å². The highest BCUT2D eigenvalue weighted by molar-refractivity contribution is 6.31. The van der Waals surface area contributed by atoms with Gasteiger partial charge in [0.05, 0.1) is 24.8 Å². The fourth-order valence-electron chi connectivity index (χ4n) is 5.86. The maximum Gasteiger partial charge on any atom is 0.180 e. The SMILES string of the molecule is COc1ccc([C@@H]2[C@H](C(=O)C(C)(C)C)N3C=C(C#N)C=C[C@H]3C23C(=O)c2ccccc2C3=O)cc1. The molecule has 3 aliphatic rings. The van der Waals surface area contributed by atoms with Crippen molar-refractivity contribution in [3.63, 3.8) is 0 Å². The number of Topliss-reactive ketones (excluding diaryl/α,β-unsaturated/α-hetero) is 3. The van der Waals surface area contributed by atoms with Crippen LogP contribution in [-0.2, 0) is 4.79 Å². The van der Waals surface area contributed by atoms with E-state index in [1.807, 2.05) is 32.9 Å². The number of ether oxygens (including phenoxy) is 1. The lowest BCUT2D eigenvalue weighted by molar-refractivity contribution is -0.130. The van der Waals surface area contributed by atoms with Crippen molar-refractivity contribution in [1.29, 1.82) is 5.26 Å². The molecule has 0 aromatic heterocycles. The third-order valence-corrected chi connectivity index (χ3v) is 7.44. The molecule has 0 N–H and O–H groups in total. The van der Waals surface area contributed by atoms with Crippen molar-refractivity contribution in [3.8, 4) is 11.8 Å². The maximum absolute atomic E-state index is 14.3. The largest absolute Gasteiger partial charge is 0.497 e. The van der Waals surface area contributed by atoms with Crippen molar-refractivity contribution in [3.05, 3.63) is 89.1 Å². The third-order valence-electron chi connectivity index (χ3n) is 7.44. The molecule has 0 unspecified atom stereocenters. The number of hydrogen-bond donors (Lipinski definition) is 0. The lowest BCUT2D eigenvalue weighted by Crippen LogP contribution is -2.47. The Morgan fingerprint density at radius 2 is 1.63 bits per heavy atom. The van der Waals surface area contributed by atoms with Crippen molar-refractivity contribution in [2.75, 3.05) is 7.11 Å². The molecule has 1 fully saturated rings. The summed E-state index contributed by atoms with van der Waals surface area (Å²) in [5.41, 5.74) is -0.444. The summed E-state index contributed by atoms with van der Waals surface area (Å²) in [7, 11) is 1.57. The van der Waals surface area contributed by atoms with Gasteiger partial charge >= 0.3 is 0 Å². The number of carbonyl (C=O) groups is 3. The van der Waals surface area contributed by atoms with Crippen LogP contribution in [0.25, 0.3) is 0 Å². The van der Waals surface area contributed by atoms with Crippen molar-refractivity contribution in [2.24, 2.45) is 10.8 Å². The zero-order valence-electron chi connectivity index (χ0n) is 20.1. The van der Waals surface area contributed by atoms with Crippen molar-refractivity contribution in [2.45, 2.75) is 38.8 Å². The highest BCUT2D eigenvalue weighted by atomic mass is 16.5. The Bertz CT molecular complexity index is 1320. The van der Waals surface area contributed by atoms with Gasteiger partial charge in [-0.2, -0.15) is 5.26 Å². The van der Waals surface area contributed by atoms with Crippen LogP contribution in [0.1, 0.15) is 53.0 Å². The van der Waals surface area contributed by atoms with E-state index in [-0.39, 0.29) is 17.3 Å². The van der Waals surface area contributed by atoms with Crippen LogP contribution in [0, 0.1) is 22.2 Å². The highest BCUT2D eigenvalue weighted by Crippen LogP contribution is 2.60. The summed E-state index contributed by atoms with van der Waals surface area (Å²) in [6.07, 6.45) is 5.02. The number of hydrogen-bond acceptors (Lipinski definition) is 6. The van der Waals surface area contributed by atoms with E-state index in [2.05, 4.69) is 6.07 Å². The first-order valence-corrected chi connectivity index (χ1v) is 11.6. The average molecular weight is 467 g/mol. The number of carbonyl (C=O) groups excluding carboxylic acids is 3. The first-order valence-electron chi connectivity index (χ1n) is 11.6. The van der Waals surface area contributed by atoms with Gasteiger partial charge in [0.1, 0.15) is 17.2 Å². The van der Waals surface area contributed by atoms with Gasteiger partial charge < -0.3 is 9.64 Å². The Morgan fingerprint density at radius 1 is 1.03 bits per heavy atom. The Labute approximate surface area is 204 Å². The fourth-order valence-corrected chi connectivity index (χ4v) is 5.86. The van der Waals surface area contributed by atoms with Crippen LogP contribution >= 0.6 is 0 Å². The normalized spacial score (nSPS) is 24.1. The Kier molecular flexibility index (Phi) is 5.06. The smallest absolute Gasteiger partial charge is 0.180 e. The molecule has 6 nitrogen and oxygen atoms in total. The molecule has 3 atom stereocenters. The Morgan fingerprint density at radius 3 is 2.14 bits per heavy atom. The molecule has 0 bridgehead atoms. The highest BCUT2D eigenvalue weighted by Gasteiger charge is 2.71. The summed E-state index contributed by atoms with van der Waals surface area (Å²) in [4.78, 5) is 44.3. The molecule has 1 spiro atoms. The lowest BCUT2D eigenvalue weighted by atomic mass is 9.63. The first-order chi connectivity index (χ1) is 16.7. The second-order valence-corrected chi connectivity index (χ2v) is 10.3. The third kappa shape index (κ3) is 3.04. The fraction of sp³-hybridized carbons (Fsp3) is 0.310. The Balaban J connectivity index is 1.83. The molecule has 2 aliphatic heterocycles. The van der Waals surface area contributed by atoms with Crippen LogP contribution in [0.15, 0.2) is 72.5 Å². The number of nitrogens with zero attached hydrogens (tertiary/aromatic N) is 2. The van der Waals surface area contributed by atoms with E-state index >= 15 is 0 Å². The molecular formula is C29H26N2O4. The summed E-state index contributed by atoms with van der Waals surface area (Å²) in [5, 5.41) is 9.61. The summed E-state index contributed by atoms with van der Waals surface area (Å²) in [6, 6.07) is 14.7. The minimum absolute atomic E-state index is 0.0967. The van der Waals surface area contributed by atoms with Gasteiger partial charge in [0, 0.05) is 28.7 Å². The van der Waals surface area contributed by atoms with E-state index in [0.29, 0.717) is 28.0 Å². The second kappa shape index (κ2) is 7.78. The van der Waals surface area contributed by atoms with Gasteiger partial charge in [0.2, 0.25) is 0 Å². The molecule has 5 rings (SSSR count). The molecule has 2 heterocycles. The molecule has 2 aromatic rings. The van der Waals surface area contributed by atoms with Gasteiger partial charge in [-0.3, -0.25) is 14.4 Å². The molecular weight excluding hydrogens is 440 g/mol. The van der Waals surface area contributed by atoms with E-state index in [9.17, 15) is 19.6 Å². The summed E-state index contributed by atoms with van der Waals surface area (Å²) >= 11 is 0. The van der Waals surface area contributed by atoms with E-state index in [1.165, 1.54) is 0 Å². The Hall–Kier alpha value is -3.98. The van der Waals surface area contributed by atoms with Gasteiger partial charge in [0.15, 0.2) is 17.3 Å². The quantitative estimate of drug-likeness (QED) is 0.620. The predicted octanol–water partition coefficient (Wildman–Crippen LogP) is 4.49. The van der Waals surface area contributed by atoms with Crippen LogP contribution in [0.4, 0.5) is 0 Å². The maximum atomic E-state index is 14.3. The average Bonchev–Trinajstić information content (AvgIpc) is 3.28. The van der Waals surface area contributed by atoms with Crippen LogP contribution in [0.5, 0.6) is 5.75 Å². The molecule has 6 heteroatoms. The standard InChI is InChI=1S/C29H26N2O4/c1-28(2,3)27(34)24-23(18-10-12-19(35-4)13-11-18)29(22-14-9-17(15-30)16-31(22)24)25(32)20-7-5-6-8-21(20)26(29)33/h5-14,16,22-24H,1-4H3/t22-,23+,24+/m0/s1. The number of fused-ring (bicyclic) bond motifs is 3. The molecule has 1 aliphatic carbocycles. The molecule has 0 saturated carbocycles. The van der Waals surface area contributed by atoms with Gasteiger partial charge in [-0.25, -0.2) is 0 Å². The van der Waals surface area contributed by atoms with E-state index in [4.69, 9.17) is 4.74 Å². The summed E-state index contributed by atoms with van der Waals surface area (Å²) in [5.74, 6) is -0.777. The first kappa shape index (κ1) is 22.8. The number of ketones is 3. The van der Waals surface area contributed by atoms with Gasteiger partial charge in [0.25, 0.3) is 0 Å². The summed E-state index contributed by atoms with van der Waals surface area (Å²) < 4.78 is 5.33. The number of nitriles is 1. The minimum Gasteiger partial charge on any atom is -0.497 e. The second-order valence-electron chi connectivity index (χ2n) is 10.3. The number of benzene rings is 2. The van der Waals surface area contributed by atoms with E-state index in [0.717, 1.165) is 0 Å². The van der Waals surface area contributed by atoms with Gasteiger partial charge in [-0.1, -0.05) is 63.2 Å². The molecule has 1 saturated heterocycles. The lowest BCUT2D eigenvalue weighted by Gasteiger charge is -2.34. The van der Waals surface area contributed by atoms with E-state index < -0.39 is 28.8 Å². The number of methoxy groups -OCH3 is 1. The van der Waals surface area contributed by atoms with Gasteiger partial charge in [-0.15, -0.1) is 0 Å².